The summed E-state index contributed by atoms with van der Waals surface area (Å²) >= 11 is 0. The monoisotopic (exact) mass is 272 g/mol. The van der Waals surface area contributed by atoms with Gasteiger partial charge in [-0.05, 0) is 43.7 Å². The molecule has 0 aromatic heterocycles. The van der Waals surface area contributed by atoms with Crippen molar-refractivity contribution in [2.75, 3.05) is 5.32 Å². The van der Waals surface area contributed by atoms with E-state index in [1.165, 1.54) is 5.56 Å². The number of carbonyl (C=O) groups excluding carboxylic acids is 1. The lowest BCUT2D eigenvalue weighted by molar-refractivity contribution is -0.123. The lowest BCUT2D eigenvalue weighted by Gasteiger charge is -2.28. The highest BCUT2D eigenvalue weighted by Gasteiger charge is 2.42. The van der Waals surface area contributed by atoms with Gasteiger partial charge < -0.3 is 15.4 Å². The molecule has 2 fully saturated rings. The van der Waals surface area contributed by atoms with E-state index in [4.69, 9.17) is 4.74 Å². The molecular formula is C16H20N2O2. The summed E-state index contributed by atoms with van der Waals surface area (Å²) in [6.07, 6.45) is 5.70. The lowest BCUT2D eigenvalue weighted by Crippen LogP contribution is -2.49. The second-order valence-corrected chi connectivity index (χ2v) is 6.12. The van der Waals surface area contributed by atoms with Crippen molar-refractivity contribution in [1.29, 1.82) is 0 Å². The predicted octanol–water partition coefficient (Wildman–Crippen LogP) is 1.85. The Morgan fingerprint density at radius 3 is 2.95 bits per heavy atom. The third-order valence-electron chi connectivity index (χ3n) is 4.80. The first-order chi connectivity index (χ1) is 9.79. The Labute approximate surface area is 118 Å². The Bertz CT molecular complexity index is 531. The maximum absolute atomic E-state index is 12.4. The molecule has 0 saturated carbocycles. The van der Waals surface area contributed by atoms with E-state index < -0.39 is 0 Å². The molecule has 20 heavy (non-hydrogen) atoms. The van der Waals surface area contributed by atoms with E-state index in [9.17, 15) is 4.79 Å². The molecule has 2 bridgehead atoms. The van der Waals surface area contributed by atoms with Crippen LogP contribution < -0.4 is 10.6 Å². The van der Waals surface area contributed by atoms with E-state index >= 15 is 0 Å². The molecule has 4 heteroatoms. The highest BCUT2D eigenvalue weighted by molar-refractivity contribution is 5.86. The summed E-state index contributed by atoms with van der Waals surface area (Å²) in [7, 11) is 0. The lowest BCUT2D eigenvalue weighted by atomic mass is 9.94. The van der Waals surface area contributed by atoms with Gasteiger partial charge in [0.1, 0.15) is 6.04 Å². The fourth-order valence-electron chi connectivity index (χ4n) is 3.71. The average Bonchev–Trinajstić information content (AvgIpc) is 3.09. The van der Waals surface area contributed by atoms with Gasteiger partial charge in [0, 0.05) is 5.69 Å². The maximum Gasteiger partial charge on any atom is 0.242 e. The van der Waals surface area contributed by atoms with Gasteiger partial charge >= 0.3 is 0 Å². The van der Waals surface area contributed by atoms with E-state index in [1.54, 1.807) is 0 Å². The van der Waals surface area contributed by atoms with Crippen LogP contribution in [0.2, 0.25) is 0 Å². The maximum atomic E-state index is 12.4. The van der Waals surface area contributed by atoms with Crippen molar-refractivity contribution in [1.82, 2.24) is 5.32 Å². The number of rotatable bonds is 2. The molecule has 1 aromatic carbocycles. The van der Waals surface area contributed by atoms with Crippen LogP contribution in [0, 0.1) is 0 Å². The van der Waals surface area contributed by atoms with Crippen LogP contribution in [0.3, 0.4) is 0 Å². The summed E-state index contributed by atoms with van der Waals surface area (Å²) in [5.74, 6) is 0.126. The second kappa shape index (κ2) is 4.77. The molecule has 0 aliphatic carbocycles. The van der Waals surface area contributed by atoms with Crippen LogP contribution >= 0.6 is 0 Å². The minimum Gasteiger partial charge on any atom is -0.373 e. The van der Waals surface area contributed by atoms with Crippen LogP contribution in [-0.2, 0) is 16.0 Å². The third-order valence-corrected chi connectivity index (χ3v) is 4.80. The normalized spacial score (nSPS) is 34.4. The largest absolute Gasteiger partial charge is 0.373 e. The predicted molar refractivity (Wildman–Crippen MR) is 76.6 cm³/mol. The van der Waals surface area contributed by atoms with E-state index in [-0.39, 0.29) is 24.1 Å². The minimum atomic E-state index is -0.107. The zero-order chi connectivity index (χ0) is 13.5. The van der Waals surface area contributed by atoms with Gasteiger partial charge in [-0.1, -0.05) is 18.2 Å². The Hall–Kier alpha value is -1.55. The first-order valence-corrected chi connectivity index (χ1v) is 7.60. The number of aryl methyl sites for hydroxylation is 1. The molecule has 3 aliphatic rings. The van der Waals surface area contributed by atoms with Gasteiger partial charge in [-0.25, -0.2) is 0 Å². The molecule has 2 N–H and O–H groups in total. The van der Waals surface area contributed by atoms with Crippen molar-refractivity contribution in [2.24, 2.45) is 0 Å². The van der Waals surface area contributed by atoms with Crippen LogP contribution in [0.25, 0.3) is 0 Å². The zero-order valence-corrected chi connectivity index (χ0v) is 11.5. The van der Waals surface area contributed by atoms with Crippen LogP contribution in [0.1, 0.15) is 31.2 Å². The molecule has 1 aromatic rings. The first-order valence-electron chi connectivity index (χ1n) is 7.60. The highest BCUT2D eigenvalue weighted by Crippen LogP contribution is 2.34. The highest BCUT2D eigenvalue weighted by atomic mass is 16.5. The molecule has 4 nitrogen and oxygen atoms in total. The molecule has 3 aliphatic heterocycles. The fourth-order valence-corrected chi connectivity index (χ4v) is 3.71. The quantitative estimate of drug-likeness (QED) is 0.864. The Balaban J connectivity index is 1.40. The van der Waals surface area contributed by atoms with E-state index in [0.717, 1.165) is 37.8 Å². The Morgan fingerprint density at radius 1 is 1.25 bits per heavy atom. The minimum absolute atomic E-state index is 0.107. The van der Waals surface area contributed by atoms with Gasteiger partial charge in [-0.15, -0.1) is 0 Å². The van der Waals surface area contributed by atoms with Crippen molar-refractivity contribution in [3.05, 3.63) is 29.8 Å². The number of amides is 1. The molecule has 4 atom stereocenters. The Kier molecular flexibility index (Phi) is 2.91. The van der Waals surface area contributed by atoms with Crippen molar-refractivity contribution >= 4 is 11.6 Å². The summed E-state index contributed by atoms with van der Waals surface area (Å²) < 4.78 is 5.79. The van der Waals surface area contributed by atoms with Crippen molar-refractivity contribution in [2.45, 2.75) is 56.4 Å². The van der Waals surface area contributed by atoms with Gasteiger partial charge in [-0.2, -0.15) is 0 Å². The average molecular weight is 272 g/mol. The fraction of sp³-hybridized carbons (Fsp3) is 0.562. The van der Waals surface area contributed by atoms with Crippen molar-refractivity contribution in [3.63, 3.8) is 0 Å². The topological polar surface area (TPSA) is 50.4 Å². The van der Waals surface area contributed by atoms with Crippen molar-refractivity contribution in [3.8, 4) is 0 Å². The van der Waals surface area contributed by atoms with Gasteiger partial charge in [0.15, 0.2) is 0 Å². The number of anilines is 1. The summed E-state index contributed by atoms with van der Waals surface area (Å²) in [6.45, 7) is 0. The Morgan fingerprint density at radius 2 is 2.15 bits per heavy atom. The van der Waals surface area contributed by atoms with Crippen LogP contribution in [-0.4, -0.2) is 30.2 Å². The van der Waals surface area contributed by atoms with E-state index in [1.807, 2.05) is 12.1 Å². The third kappa shape index (κ3) is 2.08. The van der Waals surface area contributed by atoms with E-state index in [2.05, 4.69) is 22.8 Å². The summed E-state index contributed by atoms with van der Waals surface area (Å²) in [5, 5.41) is 6.55. The smallest absolute Gasteiger partial charge is 0.242 e. The number of nitrogens with one attached hydrogen (secondary N) is 2. The number of carbonyl (C=O) groups is 1. The molecule has 2 saturated heterocycles. The van der Waals surface area contributed by atoms with Gasteiger partial charge in [0.2, 0.25) is 5.91 Å². The molecule has 0 radical (unpaired) electrons. The summed E-state index contributed by atoms with van der Waals surface area (Å²) in [5.41, 5.74) is 2.41. The number of hydrogen-bond acceptors (Lipinski definition) is 3. The number of hydrogen-bond donors (Lipinski definition) is 2. The number of fused-ring (bicyclic) bond motifs is 3. The number of benzene rings is 1. The molecule has 3 heterocycles. The molecular weight excluding hydrogens is 252 g/mol. The van der Waals surface area contributed by atoms with Gasteiger partial charge in [-0.3, -0.25) is 4.79 Å². The SMILES string of the molecule is O=C(NC1CC2CCC1O2)C1CCc2ccccc2N1. The second-order valence-electron chi connectivity index (χ2n) is 6.12. The molecule has 4 rings (SSSR count). The first kappa shape index (κ1) is 12.2. The summed E-state index contributed by atoms with van der Waals surface area (Å²) in [4.78, 5) is 12.4. The van der Waals surface area contributed by atoms with E-state index in [0.29, 0.717) is 6.10 Å². The number of para-hydroxylation sites is 1. The standard InChI is InChI=1S/C16H20N2O2/c19-16(18-14-9-11-6-8-15(14)20-11)13-7-5-10-3-1-2-4-12(10)17-13/h1-4,11,13-15,17H,5-9H2,(H,18,19). The van der Waals surface area contributed by atoms with Crippen LogP contribution in [0.5, 0.6) is 0 Å². The van der Waals surface area contributed by atoms with Crippen molar-refractivity contribution < 1.29 is 9.53 Å². The molecule has 4 unspecified atom stereocenters. The molecule has 1 amide bonds. The van der Waals surface area contributed by atoms with Gasteiger partial charge in [0.05, 0.1) is 18.2 Å². The van der Waals surface area contributed by atoms with Gasteiger partial charge in [0.25, 0.3) is 0 Å². The van der Waals surface area contributed by atoms with Crippen LogP contribution in [0.15, 0.2) is 24.3 Å². The molecule has 0 spiro atoms. The molecule has 106 valence electrons. The summed E-state index contributed by atoms with van der Waals surface area (Å²) in [6, 6.07) is 8.35. The van der Waals surface area contributed by atoms with Crippen LogP contribution in [0.4, 0.5) is 5.69 Å². The zero-order valence-electron chi connectivity index (χ0n) is 11.5. The number of ether oxygens (including phenoxy) is 1.